The first kappa shape index (κ1) is 12.7. The minimum absolute atomic E-state index is 0.484. The van der Waals surface area contributed by atoms with Crippen LogP contribution in [0.3, 0.4) is 0 Å². The van der Waals surface area contributed by atoms with E-state index in [0.29, 0.717) is 6.04 Å². The van der Waals surface area contributed by atoms with Crippen molar-refractivity contribution >= 4 is 17.3 Å². The predicted octanol–water partition coefficient (Wildman–Crippen LogP) is 3.44. The van der Waals surface area contributed by atoms with E-state index in [-0.39, 0.29) is 0 Å². The Hall–Kier alpha value is -0.730. The number of halogens is 1. The maximum Gasteiger partial charge on any atom is 0.0471 e. The molecule has 1 aromatic rings. The van der Waals surface area contributed by atoms with Gasteiger partial charge in [-0.05, 0) is 25.0 Å². The van der Waals surface area contributed by atoms with Crippen LogP contribution in [0.25, 0.3) is 0 Å². The lowest BCUT2D eigenvalue weighted by Crippen LogP contribution is -2.25. The molecule has 1 aliphatic rings. The number of nitrogens with zero attached hydrogens (tertiary/aromatic N) is 1. The smallest absolute Gasteiger partial charge is 0.0471 e. The quantitative estimate of drug-likeness (QED) is 0.883. The highest BCUT2D eigenvalue weighted by Gasteiger charge is 2.17. The molecule has 0 aromatic heterocycles. The van der Waals surface area contributed by atoms with Gasteiger partial charge in [-0.15, -0.1) is 0 Å². The number of rotatable bonds is 4. The van der Waals surface area contributed by atoms with E-state index in [0.717, 1.165) is 24.7 Å². The molecule has 0 spiro atoms. The topological polar surface area (TPSA) is 15.3 Å². The van der Waals surface area contributed by atoms with Crippen molar-refractivity contribution in [3.05, 3.63) is 28.8 Å². The standard InChI is InChI=1S/C14H21ClN2/c1-11(2)16-10-12-13(15)6-5-7-14(12)17-8-3-4-9-17/h5-7,11,16H,3-4,8-10H2,1-2H3. The molecule has 0 radical (unpaired) electrons. The second kappa shape index (κ2) is 5.74. The molecule has 1 aromatic carbocycles. The van der Waals surface area contributed by atoms with E-state index in [1.807, 2.05) is 6.07 Å². The van der Waals surface area contributed by atoms with Gasteiger partial charge in [-0.1, -0.05) is 31.5 Å². The van der Waals surface area contributed by atoms with Crippen LogP contribution in [0.4, 0.5) is 5.69 Å². The van der Waals surface area contributed by atoms with Crippen LogP contribution >= 0.6 is 11.6 Å². The van der Waals surface area contributed by atoms with E-state index in [9.17, 15) is 0 Å². The Morgan fingerprint density at radius 1 is 1.29 bits per heavy atom. The summed E-state index contributed by atoms with van der Waals surface area (Å²) in [5, 5.41) is 4.33. The molecule has 1 N–H and O–H groups in total. The van der Waals surface area contributed by atoms with Crippen LogP contribution in [0, 0.1) is 0 Å². The average molecular weight is 253 g/mol. The summed E-state index contributed by atoms with van der Waals surface area (Å²) in [6.45, 7) is 7.49. The summed E-state index contributed by atoms with van der Waals surface area (Å²) in [6, 6.07) is 6.71. The first-order chi connectivity index (χ1) is 8.18. The number of nitrogens with one attached hydrogen (secondary N) is 1. The van der Waals surface area contributed by atoms with Gasteiger partial charge in [0, 0.05) is 41.9 Å². The lowest BCUT2D eigenvalue weighted by molar-refractivity contribution is 0.588. The van der Waals surface area contributed by atoms with Crippen LogP contribution < -0.4 is 10.2 Å². The SMILES string of the molecule is CC(C)NCc1c(Cl)cccc1N1CCCC1. The minimum Gasteiger partial charge on any atom is -0.371 e. The molecule has 0 unspecified atom stereocenters. The molecule has 1 saturated heterocycles. The molecule has 94 valence electrons. The average Bonchev–Trinajstić information content (AvgIpc) is 2.80. The summed E-state index contributed by atoms with van der Waals surface area (Å²) < 4.78 is 0. The zero-order valence-electron chi connectivity index (χ0n) is 10.7. The fourth-order valence-electron chi connectivity index (χ4n) is 2.28. The highest BCUT2D eigenvalue weighted by molar-refractivity contribution is 6.31. The van der Waals surface area contributed by atoms with Crippen LogP contribution in [0.15, 0.2) is 18.2 Å². The van der Waals surface area contributed by atoms with Crippen LogP contribution in [-0.2, 0) is 6.54 Å². The molecule has 0 aliphatic carbocycles. The number of hydrogen-bond acceptors (Lipinski definition) is 2. The van der Waals surface area contributed by atoms with Crippen molar-refractivity contribution in [2.45, 2.75) is 39.3 Å². The molecular formula is C14H21ClN2. The van der Waals surface area contributed by atoms with E-state index < -0.39 is 0 Å². The van der Waals surface area contributed by atoms with Crippen molar-refractivity contribution in [1.29, 1.82) is 0 Å². The Bertz CT molecular complexity index is 370. The monoisotopic (exact) mass is 252 g/mol. The number of anilines is 1. The third-order valence-electron chi connectivity index (χ3n) is 3.23. The molecule has 2 nitrogen and oxygen atoms in total. The van der Waals surface area contributed by atoms with Crippen LogP contribution in [0.5, 0.6) is 0 Å². The van der Waals surface area contributed by atoms with Crippen molar-refractivity contribution in [3.8, 4) is 0 Å². The van der Waals surface area contributed by atoms with Gasteiger partial charge in [0.05, 0.1) is 0 Å². The Morgan fingerprint density at radius 3 is 2.65 bits per heavy atom. The van der Waals surface area contributed by atoms with Crippen molar-refractivity contribution in [2.24, 2.45) is 0 Å². The van der Waals surface area contributed by atoms with Gasteiger partial charge in [-0.3, -0.25) is 0 Å². The van der Waals surface area contributed by atoms with Gasteiger partial charge in [0.2, 0.25) is 0 Å². The second-order valence-electron chi connectivity index (χ2n) is 4.97. The van der Waals surface area contributed by atoms with Gasteiger partial charge in [-0.2, -0.15) is 0 Å². The van der Waals surface area contributed by atoms with Crippen LogP contribution in [0.1, 0.15) is 32.3 Å². The Balaban J connectivity index is 2.20. The zero-order chi connectivity index (χ0) is 12.3. The third-order valence-corrected chi connectivity index (χ3v) is 3.58. The molecule has 1 aliphatic heterocycles. The molecule has 1 heterocycles. The Labute approximate surface area is 109 Å². The normalized spacial score (nSPS) is 15.9. The van der Waals surface area contributed by atoms with Gasteiger partial charge in [0.25, 0.3) is 0 Å². The second-order valence-corrected chi connectivity index (χ2v) is 5.37. The van der Waals surface area contributed by atoms with Gasteiger partial charge in [0.1, 0.15) is 0 Å². The lowest BCUT2D eigenvalue weighted by atomic mass is 10.1. The molecule has 1 fully saturated rings. The minimum atomic E-state index is 0.484. The van der Waals surface area contributed by atoms with Crippen LogP contribution in [0.2, 0.25) is 5.02 Å². The lowest BCUT2D eigenvalue weighted by Gasteiger charge is -2.23. The molecule has 17 heavy (non-hydrogen) atoms. The van der Waals surface area contributed by atoms with E-state index >= 15 is 0 Å². The maximum atomic E-state index is 6.32. The summed E-state index contributed by atoms with van der Waals surface area (Å²) in [5.74, 6) is 0. The number of hydrogen-bond donors (Lipinski definition) is 1. The van der Waals surface area contributed by atoms with Gasteiger partial charge in [0.15, 0.2) is 0 Å². The maximum absolute atomic E-state index is 6.32. The molecule has 0 atom stereocenters. The third kappa shape index (κ3) is 3.14. The van der Waals surface area contributed by atoms with Gasteiger partial charge in [-0.25, -0.2) is 0 Å². The first-order valence-electron chi connectivity index (χ1n) is 6.44. The highest BCUT2D eigenvalue weighted by atomic mass is 35.5. The Morgan fingerprint density at radius 2 is 2.00 bits per heavy atom. The molecular weight excluding hydrogens is 232 g/mol. The predicted molar refractivity (Wildman–Crippen MR) is 74.9 cm³/mol. The summed E-state index contributed by atoms with van der Waals surface area (Å²) >= 11 is 6.32. The van der Waals surface area contributed by atoms with E-state index in [2.05, 4.69) is 36.2 Å². The molecule has 2 rings (SSSR count). The zero-order valence-corrected chi connectivity index (χ0v) is 11.4. The number of benzene rings is 1. The fraction of sp³-hybridized carbons (Fsp3) is 0.571. The Kier molecular flexibility index (Phi) is 4.30. The molecule has 0 saturated carbocycles. The molecule has 0 bridgehead atoms. The van der Waals surface area contributed by atoms with E-state index in [1.54, 1.807) is 0 Å². The summed E-state index contributed by atoms with van der Waals surface area (Å²) in [4.78, 5) is 2.45. The highest BCUT2D eigenvalue weighted by Crippen LogP contribution is 2.29. The van der Waals surface area contributed by atoms with E-state index in [1.165, 1.54) is 24.1 Å². The summed E-state index contributed by atoms with van der Waals surface area (Å²) in [6.07, 6.45) is 2.59. The fourth-order valence-corrected chi connectivity index (χ4v) is 2.52. The summed E-state index contributed by atoms with van der Waals surface area (Å²) in [7, 11) is 0. The first-order valence-corrected chi connectivity index (χ1v) is 6.82. The van der Waals surface area contributed by atoms with Crippen LogP contribution in [-0.4, -0.2) is 19.1 Å². The summed E-state index contributed by atoms with van der Waals surface area (Å²) in [5.41, 5.74) is 2.55. The van der Waals surface area contributed by atoms with Crippen molar-refractivity contribution in [2.75, 3.05) is 18.0 Å². The largest absolute Gasteiger partial charge is 0.371 e. The van der Waals surface area contributed by atoms with Gasteiger partial charge >= 0.3 is 0 Å². The van der Waals surface area contributed by atoms with Crippen molar-refractivity contribution in [1.82, 2.24) is 5.32 Å². The van der Waals surface area contributed by atoms with Gasteiger partial charge < -0.3 is 10.2 Å². The van der Waals surface area contributed by atoms with Crippen molar-refractivity contribution in [3.63, 3.8) is 0 Å². The van der Waals surface area contributed by atoms with Crippen molar-refractivity contribution < 1.29 is 0 Å². The van der Waals surface area contributed by atoms with E-state index in [4.69, 9.17) is 11.6 Å². The molecule has 3 heteroatoms. The molecule has 0 amide bonds.